The number of carboxylic acid groups (broad SMARTS) is 1. The second kappa shape index (κ2) is 7.80. The van der Waals surface area contributed by atoms with Crippen LogP contribution in [0.1, 0.15) is 6.92 Å². The van der Waals surface area contributed by atoms with E-state index in [0.717, 1.165) is 6.92 Å². The minimum atomic E-state index is -1.41. The third kappa shape index (κ3) is 8.76. The summed E-state index contributed by atoms with van der Waals surface area (Å²) in [5.41, 5.74) is 0. The lowest BCUT2D eigenvalue weighted by Crippen LogP contribution is -2.29. The lowest BCUT2D eigenvalue weighted by atomic mass is 10.2. The molecule has 0 saturated carbocycles. The highest BCUT2D eigenvalue weighted by molar-refractivity contribution is 6.35. The molecule has 0 radical (unpaired) electrons. The predicted octanol–water partition coefficient (Wildman–Crippen LogP) is 0.0238. The smallest absolute Gasteiger partial charge is 0.511 e. The van der Waals surface area contributed by atoms with Gasteiger partial charge in [-0.2, -0.15) is 0 Å². The molecule has 0 amide bonds. The Kier molecular flexibility index (Phi) is 6.99. The first-order valence-corrected chi connectivity index (χ1v) is 4.01. The van der Waals surface area contributed by atoms with Gasteiger partial charge in [-0.25, -0.2) is 5.90 Å². The largest absolute Gasteiger partial charge is 0.727 e. The summed E-state index contributed by atoms with van der Waals surface area (Å²) in [5, 5.41) is 16.2. The molecule has 1 aromatic rings. The van der Waals surface area contributed by atoms with Gasteiger partial charge in [0.2, 0.25) is 0 Å². The van der Waals surface area contributed by atoms with Gasteiger partial charge in [0.25, 0.3) is 5.97 Å². The Balaban J connectivity index is 0.000000423. The topological polar surface area (TPSA) is 102 Å². The van der Waals surface area contributed by atoms with Gasteiger partial charge in [-0.3, -0.25) is 9.55 Å². The molecule has 0 aromatic heterocycles. The van der Waals surface area contributed by atoms with Gasteiger partial charge >= 0.3 is 7.32 Å². The molecule has 0 aliphatic carbocycles. The average Bonchev–Trinajstić information content (AvgIpc) is 2.18. The Bertz CT molecular complexity index is 278. The van der Waals surface area contributed by atoms with Crippen molar-refractivity contribution in [2.75, 3.05) is 0 Å². The van der Waals surface area contributed by atoms with E-state index in [4.69, 9.17) is 19.6 Å². The van der Waals surface area contributed by atoms with Crippen molar-refractivity contribution in [3.63, 3.8) is 0 Å². The molecule has 6 nitrogen and oxygen atoms in total. The maximum atomic E-state index is 9.00. The summed E-state index contributed by atoms with van der Waals surface area (Å²) in [6, 6.07) is 8.75. The fourth-order valence-electron chi connectivity index (χ4n) is 0.643. The predicted molar refractivity (Wildman–Crippen MR) is 53.6 cm³/mol. The molecule has 82 valence electrons. The van der Waals surface area contributed by atoms with Crippen LogP contribution in [0.4, 0.5) is 0 Å². The van der Waals surface area contributed by atoms with E-state index < -0.39 is 13.3 Å². The highest BCUT2D eigenvalue weighted by atomic mass is 16.7. The average molecular weight is 213 g/mol. The van der Waals surface area contributed by atoms with Gasteiger partial charge in [0.05, 0.1) is 0 Å². The lowest BCUT2D eigenvalue weighted by Gasteiger charge is -2.04. The molecule has 4 N–H and O–H groups in total. The van der Waals surface area contributed by atoms with E-state index in [0.29, 0.717) is 5.75 Å². The zero-order valence-corrected chi connectivity index (χ0v) is 8.16. The van der Waals surface area contributed by atoms with Crippen LogP contribution in [0, 0.1) is 0 Å². The van der Waals surface area contributed by atoms with Crippen LogP contribution >= 0.6 is 0 Å². The number of rotatable bonds is 3. The number of hydrogen-bond acceptors (Lipinski definition) is 5. The molecule has 15 heavy (non-hydrogen) atoms. The zero-order valence-electron chi connectivity index (χ0n) is 8.16. The molecule has 0 bridgehead atoms. The van der Waals surface area contributed by atoms with Crippen LogP contribution in [0.25, 0.3) is 0 Å². The number of nitrogens with two attached hydrogens (primary N) is 1. The molecule has 0 aliphatic heterocycles. The van der Waals surface area contributed by atoms with Crippen LogP contribution in [0.5, 0.6) is 5.75 Å². The summed E-state index contributed by atoms with van der Waals surface area (Å²) in [4.78, 5) is 9.00. The number of carboxylic acids is 1. The molecule has 0 heterocycles. The minimum absolute atomic E-state index is 0.505. The molecule has 0 saturated heterocycles. The summed E-state index contributed by atoms with van der Waals surface area (Å²) in [6.07, 6.45) is 0. The Morgan fingerprint density at radius 1 is 1.40 bits per heavy atom. The number of para-hydroxylation sites is 1. The lowest BCUT2D eigenvalue weighted by molar-refractivity contribution is -0.134. The van der Waals surface area contributed by atoms with E-state index in [1.165, 1.54) is 0 Å². The van der Waals surface area contributed by atoms with Crippen molar-refractivity contribution in [2.45, 2.75) is 6.92 Å². The Morgan fingerprint density at radius 3 is 2.27 bits per heavy atom. The van der Waals surface area contributed by atoms with Gasteiger partial charge in [-0.15, -0.1) is 0 Å². The summed E-state index contributed by atoms with van der Waals surface area (Å²) in [6.45, 7) is 1.08. The third-order valence-corrected chi connectivity index (χ3v) is 1.10. The highest BCUT2D eigenvalue weighted by Crippen LogP contribution is 2.08. The van der Waals surface area contributed by atoms with Crippen LogP contribution in [-0.2, 0) is 9.55 Å². The summed E-state index contributed by atoms with van der Waals surface area (Å²) in [5.74, 6) is 4.32. The monoisotopic (exact) mass is 213 g/mol. The SMILES string of the molecule is CC(=O)O.NOB(O)Oc1ccccc1. The molecule has 0 fully saturated rings. The van der Waals surface area contributed by atoms with Crippen LogP contribution in [0.2, 0.25) is 0 Å². The first-order chi connectivity index (χ1) is 7.06. The summed E-state index contributed by atoms with van der Waals surface area (Å²) >= 11 is 0. The minimum Gasteiger partial charge on any atom is -0.511 e. The van der Waals surface area contributed by atoms with E-state index in [2.05, 4.69) is 10.7 Å². The van der Waals surface area contributed by atoms with Gasteiger partial charge in [0.15, 0.2) is 0 Å². The number of aliphatic carboxylic acids is 1. The maximum Gasteiger partial charge on any atom is 0.727 e. The van der Waals surface area contributed by atoms with Crippen molar-refractivity contribution >= 4 is 13.3 Å². The van der Waals surface area contributed by atoms with Crippen molar-refractivity contribution in [1.82, 2.24) is 0 Å². The fraction of sp³-hybridized carbons (Fsp3) is 0.125. The first kappa shape index (κ1) is 13.4. The molecule has 1 rings (SSSR count). The zero-order chi connectivity index (χ0) is 11.7. The molecule has 1 aromatic carbocycles. The van der Waals surface area contributed by atoms with Gasteiger partial charge in [0.1, 0.15) is 5.75 Å². The Hall–Kier alpha value is -1.57. The molecular formula is C8H12BNO5. The molecule has 7 heteroatoms. The number of carbonyl (C=O) groups is 1. The number of hydrogen-bond donors (Lipinski definition) is 3. The van der Waals surface area contributed by atoms with E-state index in [9.17, 15) is 0 Å². The normalized spacial score (nSPS) is 8.47. The highest BCUT2D eigenvalue weighted by Gasteiger charge is 2.15. The van der Waals surface area contributed by atoms with Crippen molar-refractivity contribution in [2.24, 2.45) is 5.90 Å². The molecule has 0 spiro atoms. The fourth-order valence-corrected chi connectivity index (χ4v) is 0.643. The quantitative estimate of drug-likeness (QED) is 0.483. The number of benzene rings is 1. The van der Waals surface area contributed by atoms with Crippen LogP contribution in [-0.4, -0.2) is 23.4 Å². The molecule has 0 atom stereocenters. The van der Waals surface area contributed by atoms with Crippen molar-refractivity contribution in [3.05, 3.63) is 30.3 Å². The van der Waals surface area contributed by atoms with Gasteiger partial charge in [-0.05, 0) is 12.1 Å². The summed E-state index contributed by atoms with van der Waals surface area (Å²) in [7, 11) is -1.41. The van der Waals surface area contributed by atoms with Crippen molar-refractivity contribution < 1.29 is 24.3 Å². The van der Waals surface area contributed by atoms with Crippen molar-refractivity contribution in [1.29, 1.82) is 0 Å². The van der Waals surface area contributed by atoms with E-state index in [1.54, 1.807) is 24.3 Å². The third-order valence-electron chi connectivity index (χ3n) is 1.10. The Morgan fingerprint density at radius 2 is 1.87 bits per heavy atom. The standard InChI is InChI=1S/C6H8BNO3.C2H4O2/c8-11-7(9)10-6-4-2-1-3-5-6;1-2(3)4/h1-5,9H,8H2;1H3,(H,3,4). The second-order valence-electron chi connectivity index (χ2n) is 2.39. The van der Waals surface area contributed by atoms with E-state index in [-0.39, 0.29) is 0 Å². The van der Waals surface area contributed by atoms with Gasteiger partial charge in [0, 0.05) is 6.92 Å². The van der Waals surface area contributed by atoms with Crippen LogP contribution in [0.3, 0.4) is 0 Å². The molecular weight excluding hydrogens is 201 g/mol. The maximum absolute atomic E-state index is 9.00. The van der Waals surface area contributed by atoms with Crippen molar-refractivity contribution in [3.8, 4) is 5.75 Å². The molecule has 0 unspecified atom stereocenters. The Labute approximate surface area is 87.4 Å². The van der Waals surface area contributed by atoms with E-state index >= 15 is 0 Å². The van der Waals surface area contributed by atoms with Gasteiger partial charge in [-0.1, -0.05) is 18.2 Å². The van der Waals surface area contributed by atoms with E-state index in [1.807, 2.05) is 6.07 Å². The summed E-state index contributed by atoms with van der Waals surface area (Å²) < 4.78 is 8.76. The van der Waals surface area contributed by atoms with Gasteiger partial charge < -0.3 is 14.8 Å². The van der Waals surface area contributed by atoms with Crippen LogP contribution in [0.15, 0.2) is 30.3 Å². The first-order valence-electron chi connectivity index (χ1n) is 4.01. The molecule has 0 aliphatic rings. The van der Waals surface area contributed by atoms with Crippen LogP contribution < -0.4 is 10.6 Å². The second-order valence-corrected chi connectivity index (χ2v) is 2.39.